The monoisotopic (exact) mass is 673 g/mol. The number of nitrogens with zero attached hydrogens (tertiary/aromatic N) is 1. The number of halogens is 1. The molecule has 0 amide bonds. The van der Waals surface area contributed by atoms with E-state index < -0.39 is 11.4 Å². The summed E-state index contributed by atoms with van der Waals surface area (Å²) in [5.74, 6) is -0.195. The SMILES string of the molecule is Cc1ccccc1C(=O)c1ccc(Sc2ccc(C(=O)/C(CCSc3ccc(Br)cc3)=N/OC(=O)C(C)(C)C)cc2)cc1. The van der Waals surface area contributed by atoms with Crippen molar-refractivity contribution in [2.45, 2.75) is 48.8 Å². The second-order valence-electron chi connectivity index (χ2n) is 10.8. The van der Waals surface area contributed by atoms with E-state index in [9.17, 15) is 14.4 Å². The van der Waals surface area contributed by atoms with Gasteiger partial charge >= 0.3 is 5.97 Å². The van der Waals surface area contributed by atoms with Crippen molar-refractivity contribution < 1.29 is 19.2 Å². The van der Waals surface area contributed by atoms with Crippen molar-refractivity contribution in [2.75, 3.05) is 5.75 Å². The van der Waals surface area contributed by atoms with Gasteiger partial charge in [-0.05, 0) is 106 Å². The molecule has 0 bridgehead atoms. The maximum Gasteiger partial charge on any atom is 0.340 e. The average molecular weight is 675 g/mol. The Morgan fingerprint density at radius 2 is 1.33 bits per heavy atom. The van der Waals surface area contributed by atoms with Gasteiger partial charge in [0, 0.05) is 48.0 Å². The minimum atomic E-state index is -0.741. The van der Waals surface area contributed by atoms with E-state index in [0.29, 0.717) is 28.9 Å². The fourth-order valence-electron chi connectivity index (χ4n) is 3.87. The minimum absolute atomic E-state index is 0.00148. The molecule has 0 aliphatic carbocycles. The van der Waals surface area contributed by atoms with Gasteiger partial charge in [0.05, 0.1) is 5.41 Å². The summed E-state index contributed by atoms with van der Waals surface area (Å²) in [6, 6.07) is 30.3. The van der Waals surface area contributed by atoms with E-state index in [1.54, 1.807) is 44.7 Å². The van der Waals surface area contributed by atoms with Crippen molar-refractivity contribution in [2.24, 2.45) is 10.6 Å². The third-order valence-electron chi connectivity index (χ3n) is 6.39. The van der Waals surface area contributed by atoms with Crippen LogP contribution in [0.4, 0.5) is 0 Å². The standard InChI is InChI=1S/C35H32BrNO4S2/c1-23-7-5-6-8-30(23)32(38)24-9-15-28(16-10-24)43-29-17-11-25(12-18-29)33(39)31(37-41-34(40)35(2,3)4)21-22-42-27-19-13-26(36)14-20-27/h5-20H,21-22H2,1-4H3/b37-31+. The second-order valence-corrected chi connectivity index (χ2v) is 14.1. The third kappa shape index (κ3) is 9.26. The number of oxime groups is 1. The molecule has 0 unspecified atom stereocenters. The van der Waals surface area contributed by atoms with Gasteiger partial charge in [0.25, 0.3) is 0 Å². The number of carbonyl (C=O) groups excluding carboxylic acids is 3. The van der Waals surface area contributed by atoms with Crippen LogP contribution in [0.3, 0.4) is 0 Å². The van der Waals surface area contributed by atoms with Gasteiger partial charge in [0.2, 0.25) is 5.78 Å². The molecule has 220 valence electrons. The number of rotatable bonds is 11. The van der Waals surface area contributed by atoms with Gasteiger partial charge in [-0.25, -0.2) is 4.79 Å². The number of ketones is 2. The fourth-order valence-corrected chi connectivity index (χ4v) is 5.81. The summed E-state index contributed by atoms with van der Waals surface area (Å²) in [6.07, 6.45) is 0.334. The molecule has 0 aliphatic heterocycles. The highest BCUT2D eigenvalue weighted by Gasteiger charge is 2.25. The first-order valence-corrected chi connectivity index (χ1v) is 16.3. The van der Waals surface area contributed by atoms with Crippen molar-refractivity contribution in [3.8, 4) is 0 Å². The summed E-state index contributed by atoms with van der Waals surface area (Å²) in [7, 11) is 0. The molecule has 0 aromatic heterocycles. The molecule has 0 atom stereocenters. The average Bonchev–Trinajstić information content (AvgIpc) is 2.99. The van der Waals surface area contributed by atoms with Crippen LogP contribution in [0.1, 0.15) is 59.0 Å². The zero-order valence-corrected chi connectivity index (χ0v) is 27.6. The molecule has 4 aromatic rings. The summed E-state index contributed by atoms with van der Waals surface area (Å²) in [6.45, 7) is 7.15. The van der Waals surface area contributed by atoms with Gasteiger partial charge in [-0.15, -0.1) is 11.8 Å². The highest BCUT2D eigenvalue weighted by Crippen LogP contribution is 2.29. The first-order valence-electron chi connectivity index (χ1n) is 13.7. The quantitative estimate of drug-likeness (QED) is 0.0519. The van der Waals surface area contributed by atoms with Crippen molar-refractivity contribution in [3.05, 3.63) is 124 Å². The maximum absolute atomic E-state index is 13.4. The molecule has 4 rings (SSSR count). The Balaban J connectivity index is 1.43. The van der Waals surface area contributed by atoms with Gasteiger partial charge in [0.15, 0.2) is 5.78 Å². The van der Waals surface area contributed by atoms with Crippen LogP contribution in [0.2, 0.25) is 0 Å². The van der Waals surface area contributed by atoms with Crippen LogP contribution < -0.4 is 0 Å². The lowest BCUT2D eigenvalue weighted by atomic mass is 9.98. The van der Waals surface area contributed by atoms with Crippen LogP contribution in [0.5, 0.6) is 0 Å². The number of thioether (sulfide) groups is 1. The molecule has 0 saturated carbocycles. The molecule has 0 N–H and O–H groups in total. The third-order valence-corrected chi connectivity index (χ3v) is 8.95. The summed E-state index contributed by atoms with van der Waals surface area (Å²) in [4.78, 5) is 46.8. The van der Waals surface area contributed by atoms with E-state index in [1.165, 1.54) is 11.8 Å². The van der Waals surface area contributed by atoms with E-state index in [4.69, 9.17) is 4.84 Å². The molecule has 0 saturated heterocycles. The molecule has 0 radical (unpaired) electrons. The molecule has 5 nitrogen and oxygen atoms in total. The van der Waals surface area contributed by atoms with Gasteiger partial charge in [0.1, 0.15) is 5.71 Å². The van der Waals surface area contributed by atoms with Crippen molar-refractivity contribution in [1.82, 2.24) is 0 Å². The Labute approximate surface area is 269 Å². The first-order chi connectivity index (χ1) is 20.5. The van der Waals surface area contributed by atoms with Crippen LogP contribution >= 0.6 is 39.5 Å². The number of benzene rings is 4. The molecule has 0 fully saturated rings. The largest absolute Gasteiger partial charge is 0.340 e. The molecule has 4 aromatic carbocycles. The van der Waals surface area contributed by atoms with Crippen molar-refractivity contribution in [3.63, 3.8) is 0 Å². The fraction of sp³-hybridized carbons (Fsp3) is 0.200. The molecular weight excluding hydrogens is 642 g/mol. The van der Waals surface area contributed by atoms with E-state index >= 15 is 0 Å². The summed E-state index contributed by atoms with van der Waals surface area (Å²) in [5, 5.41) is 4.02. The molecule has 0 aliphatic rings. The summed E-state index contributed by atoms with van der Waals surface area (Å²) < 4.78 is 0.996. The Morgan fingerprint density at radius 3 is 1.91 bits per heavy atom. The molecule has 0 heterocycles. The number of hydrogen-bond acceptors (Lipinski definition) is 7. The predicted octanol–water partition coefficient (Wildman–Crippen LogP) is 9.45. The van der Waals surface area contributed by atoms with E-state index in [0.717, 1.165) is 24.7 Å². The zero-order chi connectivity index (χ0) is 31.0. The molecule has 8 heteroatoms. The van der Waals surface area contributed by atoms with Crippen LogP contribution in [-0.2, 0) is 9.63 Å². The number of hydrogen-bond donors (Lipinski definition) is 0. The summed E-state index contributed by atoms with van der Waals surface area (Å²) in [5.41, 5.74) is 2.20. The molecule has 43 heavy (non-hydrogen) atoms. The normalized spacial score (nSPS) is 11.7. The zero-order valence-electron chi connectivity index (χ0n) is 24.4. The van der Waals surface area contributed by atoms with Gasteiger partial charge in [-0.3, -0.25) is 9.59 Å². The Kier molecular flexibility index (Phi) is 11.2. The van der Waals surface area contributed by atoms with E-state index in [1.807, 2.05) is 91.9 Å². The topological polar surface area (TPSA) is 72.8 Å². The highest BCUT2D eigenvalue weighted by molar-refractivity contribution is 9.10. The molecular formula is C35H32BrNO4S2. The van der Waals surface area contributed by atoms with Crippen molar-refractivity contribution in [1.29, 1.82) is 0 Å². The van der Waals surface area contributed by atoms with Crippen molar-refractivity contribution >= 4 is 62.7 Å². The second kappa shape index (κ2) is 14.8. The lowest BCUT2D eigenvalue weighted by Crippen LogP contribution is -2.23. The predicted molar refractivity (Wildman–Crippen MR) is 178 cm³/mol. The maximum atomic E-state index is 13.4. The van der Waals surface area contributed by atoms with E-state index in [2.05, 4.69) is 21.1 Å². The minimum Gasteiger partial charge on any atom is -0.317 e. The molecule has 0 spiro atoms. The smallest absolute Gasteiger partial charge is 0.317 e. The van der Waals surface area contributed by atoms with Crippen LogP contribution in [0.15, 0.2) is 121 Å². The van der Waals surface area contributed by atoms with Crippen LogP contribution in [0.25, 0.3) is 0 Å². The Morgan fingerprint density at radius 1 is 0.767 bits per heavy atom. The summed E-state index contributed by atoms with van der Waals surface area (Å²) >= 11 is 6.57. The van der Waals surface area contributed by atoms with Crippen LogP contribution in [0, 0.1) is 12.3 Å². The lowest BCUT2D eigenvalue weighted by molar-refractivity contribution is -0.152. The Hall–Kier alpha value is -3.46. The number of carbonyl (C=O) groups is 3. The number of Topliss-reactive ketones (excluding diaryl/α,β-unsaturated/α-hetero) is 1. The lowest BCUT2D eigenvalue weighted by Gasteiger charge is -2.14. The first kappa shape index (κ1) is 32.5. The Bertz CT molecular complexity index is 1620. The van der Waals surface area contributed by atoms with Crippen LogP contribution in [-0.4, -0.2) is 29.0 Å². The van der Waals surface area contributed by atoms with Gasteiger partial charge in [-0.2, -0.15) is 0 Å². The van der Waals surface area contributed by atoms with Gasteiger partial charge < -0.3 is 4.84 Å². The van der Waals surface area contributed by atoms with E-state index in [-0.39, 0.29) is 17.3 Å². The highest BCUT2D eigenvalue weighted by atomic mass is 79.9. The van der Waals surface area contributed by atoms with Gasteiger partial charge in [-0.1, -0.05) is 57.1 Å². The number of aryl methyl sites for hydroxylation is 1.